The fourth-order valence-electron chi connectivity index (χ4n) is 3.07. The van der Waals surface area contributed by atoms with E-state index in [4.69, 9.17) is 4.74 Å². The molecular weight excluding hydrogens is 372 g/mol. The largest absolute Gasteiger partial charge is 0.452 e. The average Bonchev–Trinajstić information content (AvgIpc) is 2.61. The van der Waals surface area contributed by atoms with Gasteiger partial charge in [-0.3, -0.25) is 10.1 Å². The maximum atomic E-state index is 12.1. The minimum atomic E-state index is -3.62. The first-order valence-corrected chi connectivity index (χ1v) is 10.6. The zero-order valence-corrected chi connectivity index (χ0v) is 16.2. The van der Waals surface area contributed by atoms with Crippen LogP contribution in [0.15, 0.2) is 29.2 Å². The summed E-state index contributed by atoms with van der Waals surface area (Å²) in [4.78, 5) is 35.6. The molecule has 0 heterocycles. The molecule has 0 radical (unpaired) electrons. The van der Waals surface area contributed by atoms with E-state index in [2.05, 4.69) is 10.6 Å². The lowest BCUT2D eigenvalue weighted by molar-refractivity contribution is -0.123. The first-order valence-electron chi connectivity index (χ1n) is 8.75. The fourth-order valence-corrected chi connectivity index (χ4v) is 3.94. The van der Waals surface area contributed by atoms with Gasteiger partial charge in [0.1, 0.15) is 0 Å². The molecule has 1 aliphatic rings. The second kappa shape index (κ2) is 8.98. The number of ether oxygens (including phenoxy) is 1. The number of carbonyl (C=O) groups excluding carboxylic acids is 3. The van der Waals surface area contributed by atoms with Crippen LogP contribution in [0, 0.1) is 5.92 Å². The van der Waals surface area contributed by atoms with Gasteiger partial charge < -0.3 is 10.1 Å². The SMILES string of the molecule is CC1CCCCC1NC(=O)NC(=O)COC(=O)c1ccccc1S(C)(=O)=O. The van der Waals surface area contributed by atoms with E-state index in [1.54, 1.807) is 0 Å². The van der Waals surface area contributed by atoms with Gasteiger partial charge in [-0.2, -0.15) is 0 Å². The van der Waals surface area contributed by atoms with Crippen LogP contribution < -0.4 is 10.6 Å². The first kappa shape index (κ1) is 20.9. The molecule has 1 aromatic carbocycles. The van der Waals surface area contributed by atoms with Crippen LogP contribution in [0.25, 0.3) is 0 Å². The van der Waals surface area contributed by atoms with E-state index in [9.17, 15) is 22.8 Å². The van der Waals surface area contributed by atoms with Crippen molar-refractivity contribution in [3.63, 3.8) is 0 Å². The molecule has 3 amide bonds. The summed E-state index contributed by atoms with van der Waals surface area (Å²) in [7, 11) is -3.62. The zero-order chi connectivity index (χ0) is 20.0. The van der Waals surface area contributed by atoms with Crippen molar-refractivity contribution in [1.29, 1.82) is 0 Å². The third kappa shape index (κ3) is 6.06. The van der Waals surface area contributed by atoms with Crippen LogP contribution in [0.3, 0.4) is 0 Å². The van der Waals surface area contributed by atoms with Crippen molar-refractivity contribution >= 4 is 27.7 Å². The van der Waals surface area contributed by atoms with Gasteiger partial charge in [-0.25, -0.2) is 18.0 Å². The lowest BCUT2D eigenvalue weighted by atomic mass is 9.86. The molecule has 2 N–H and O–H groups in total. The molecule has 148 valence electrons. The Morgan fingerprint density at radius 2 is 1.81 bits per heavy atom. The molecule has 2 rings (SSSR count). The van der Waals surface area contributed by atoms with Gasteiger partial charge in [0, 0.05) is 12.3 Å². The van der Waals surface area contributed by atoms with Gasteiger partial charge in [-0.1, -0.05) is 31.9 Å². The number of hydrogen-bond acceptors (Lipinski definition) is 6. The first-order chi connectivity index (χ1) is 12.7. The highest BCUT2D eigenvalue weighted by molar-refractivity contribution is 7.90. The molecule has 8 nitrogen and oxygen atoms in total. The molecule has 1 saturated carbocycles. The Morgan fingerprint density at radius 1 is 1.15 bits per heavy atom. The van der Waals surface area contributed by atoms with Crippen molar-refractivity contribution in [1.82, 2.24) is 10.6 Å². The van der Waals surface area contributed by atoms with E-state index in [0.29, 0.717) is 5.92 Å². The number of amides is 3. The highest BCUT2D eigenvalue weighted by atomic mass is 32.2. The molecule has 1 aliphatic carbocycles. The molecule has 0 aliphatic heterocycles. The van der Waals surface area contributed by atoms with Gasteiger partial charge in [0.15, 0.2) is 16.4 Å². The highest BCUT2D eigenvalue weighted by Gasteiger charge is 2.24. The number of nitrogens with one attached hydrogen (secondary N) is 2. The molecule has 0 saturated heterocycles. The van der Waals surface area contributed by atoms with E-state index < -0.39 is 34.4 Å². The third-order valence-electron chi connectivity index (χ3n) is 4.52. The predicted octanol–water partition coefficient (Wildman–Crippen LogP) is 1.65. The quantitative estimate of drug-likeness (QED) is 0.731. The number of imide groups is 1. The van der Waals surface area contributed by atoms with Gasteiger partial charge in [0.2, 0.25) is 0 Å². The predicted molar refractivity (Wildman–Crippen MR) is 97.9 cm³/mol. The van der Waals surface area contributed by atoms with Crippen molar-refractivity contribution in [2.45, 2.75) is 43.5 Å². The molecule has 27 heavy (non-hydrogen) atoms. The molecule has 1 fully saturated rings. The third-order valence-corrected chi connectivity index (χ3v) is 5.68. The monoisotopic (exact) mass is 396 g/mol. The Labute approximate surface area is 158 Å². The van der Waals surface area contributed by atoms with Crippen molar-refractivity contribution in [3.05, 3.63) is 29.8 Å². The Bertz CT molecular complexity index is 821. The van der Waals surface area contributed by atoms with Gasteiger partial charge in [0.05, 0.1) is 10.5 Å². The van der Waals surface area contributed by atoms with Crippen molar-refractivity contribution in [2.75, 3.05) is 12.9 Å². The lowest BCUT2D eigenvalue weighted by Gasteiger charge is -2.29. The van der Waals surface area contributed by atoms with Crippen LogP contribution in [-0.4, -0.2) is 45.2 Å². The Balaban J connectivity index is 1.87. The van der Waals surface area contributed by atoms with E-state index in [0.717, 1.165) is 31.9 Å². The maximum Gasteiger partial charge on any atom is 0.339 e. The molecule has 2 unspecified atom stereocenters. The minimum absolute atomic E-state index is 0.00994. The number of esters is 1. The smallest absolute Gasteiger partial charge is 0.339 e. The second-order valence-corrected chi connectivity index (χ2v) is 8.72. The van der Waals surface area contributed by atoms with Gasteiger partial charge in [0.25, 0.3) is 5.91 Å². The summed E-state index contributed by atoms with van der Waals surface area (Å²) in [6.07, 6.45) is 5.02. The summed E-state index contributed by atoms with van der Waals surface area (Å²) >= 11 is 0. The molecule has 0 aromatic heterocycles. The highest BCUT2D eigenvalue weighted by Crippen LogP contribution is 2.23. The van der Waals surface area contributed by atoms with Gasteiger partial charge in [-0.15, -0.1) is 0 Å². The van der Waals surface area contributed by atoms with E-state index in [-0.39, 0.29) is 16.5 Å². The van der Waals surface area contributed by atoms with Crippen LogP contribution in [0.4, 0.5) is 4.79 Å². The molecule has 0 bridgehead atoms. The number of urea groups is 1. The molecule has 2 atom stereocenters. The standard InChI is InChI=1S/C18H24N2O6S/c1-12-7-3-5-9-14(12)19-18(23)20-16(21)11-26-17(22)13-8-4-6-10-15(13)27(2,24)25/h4,6,8,10,12,14H,3,5,7,9,11H2,1-2H3,(H2,19,20,21,23). The average molecular weight is 396 g/mol. The number of benzene rings is 1. The van der Waals surface area contributed by atoms with Crippen LogP contribution >= 0.6 is 0 Å². The van der Waals surface area contributed by atoms with Crippen LogP contribution in [0.5, 0.6) is 0 Å². The minimum Gasteiger partial charge on any atom is -0.452 e. The van der Waals surface area contributed by atoms with Gasteiger partial charge in [-0.05, 0) is 30.9 Å². The van der Waals surface area contributed by atoms with E-state index >= 15 is 0 Å². The van der Waals surface area contributed by atoms with Crippen molar-refractivity contribution in [3.8, 4) is 0 Å². The van der Waals surface area contributed by atoms with Crippen molar-refractivity contribution in [2.24, 2.45) is 5.92 Å². The van der Waals surface area contributed by atoms with Crippen LogP contribution in [-0.2, 0) is 19.4 Å². The normalized spacial score (nSPS) is 19.8. The Kier molecular flexibility index (Phi) is 6.95. The van der Waals surface area contributed by atoms with Gasteiger partial charge >= 0.3 is 12.0 Å². The Morgan fingerprint density at radius 3 is 2.48 bits per heavy atom. The Hall–Kier alpha value is -2.42. The summed E-state index contributed by atoms with van der Waals surface area (Å²) in [5.74, 6) is -1.40. The summed E-state index contributed by atoms with van der Waals surface area (Å²) < 4.78 is 28.3. The number of rotatable bonds is 5. The summed E-state index contributed by atoms with van der Waals surface area (Å²) in [6.45, 7) is 1.36. The van der Waals surface area contributed by atoms with Crippen molar-refractivity contribution < 1.29 is 27.5 Å². The number of sulfone groups is 1. The van der Waals surface area contributed by atoms with E-state index in [1.165, 1.54) is 24.3 Å². The number of hydrogen-bond donors (Lipinski definition) is 2. The number of carbonyl (C=O) groups is 3. The lowest BCUT2D eigenvalue weighted by Crippen LogP contribution is -2.48. The summed E-state index contributed by atoms with van der Waals surface area (Å²) in [5.41, 5.74) is -0.159. The van der Waals surface area contributed by atoms with E-state index in [1.807, 2.05) is 6.92 Å². The zero-order valence-electron chi connectivity index (χ0n) is 15.4. The fraction of sp³-hybridized carbons (Fsp3) is 0.500. The summed E-state index contributed by atoms with van der Waals surface area (Å²) in [5, 5.41) is 4.87. The molecule has 9 heteroatoms. The molecular formula is C18H24N2O6S. The molecule has 0 spiro atoms. The maximum absolute atomic E-state index is 12.1. The van der Waals surface area contributed by atoms with Crippen LogP contribution in [0.1, 0.15) is 43.0 Å². The summed E-state index contributed by atoms with van der Waals surface area (Å²) in [6, 6.07) is 4.93. The molecule has 1 aromatic rings. The second-order valence-electron chi connectivity index (χ2n) is 6.73. The van der Waals surface area contributed by atoms with Crippen LogP contribution in [0.2, 0.25) is 0 Å². The topological polar surface area (TPSA) is 119 Å².